The third-order valence-electron chi connectivity index (χ3n) is 3.55. The maximum atomic E-state index is 2.39. The van der Waals surface area contributed by atoms with E-state index < -0.39 is 0 Å². The topological polar surface area (TPSA) is 0 Å². The standard InChI is InChI=1S/C20H36N/c1-17(2)9-13-21(14-10-18(3)4,15-11-19(5)6)16-12-20(7)8/h9-12H,13-16H2,1-8H3/q+1. The van der Waals surface area contributed by atoms with Gasteiger partial charge in [0, 0.05) is 0 Å². The Morgan fingerprint density at radius 3 is 0.810 bits per heavy atom. The average Bonchev–Trinajstić information content (AvgIpc) is 2.36. The summed E-state index contributed by atoms with van der Waals surface area (Å²) in [6.45, 7) is 21.9. The van der Waals surface area contributed by atoms with E-state index in [2.05, 4.69) is 79.7 Å². The van der Waals surface area contributed by atoms with Crippen molar-refractivity contribution in [3.63, 3.8) is 0 Å². The van der Waals surface area contributed by atoms with Crippen molar-refractivity contribution in [2.24, 2.45) is 0 Å². The van der Waals surface area contributed by atoms with E-state index in [0.29, 0.717) is 0 Å². The van der Waals surface area contributed by atoms with E-state index in [1.165, 1.54) is 22.3 Å². The fourth-order valence-corrected chi connectivity index (χ4v) is 1.95. The zero-order valence-corrected chi connectivity index (χ0v) is 15.6. The van der Waals surface area contributed by atoms with Gasteiger partial charge in [-0.3, -0.25) is 0 Å². The highest BCUT2D eigenvalue weighted by atomic mass is 15.3. The molecule has 0 amide bonds. The first-order chi connectivity index (χ1) is 9.67. The van der Waals surface area contributed by atoms with E-state index in [0.717, 1.165) is 30.7 Å². The summed E-state index contributed by atoms with van der Waals surface area (Å²) in [6.07, 6.45) is 9.54. The van der Waals surface area contributed by atoms with Gasteiger partial charge in [0.05, 0.1) is 26.2 Å². The minimum Gasteiger partial charge on any atom is -0.311 e. The van der Waals surface area contributed by atoms with Gasteiger partial charge < -0.3 is 4.48 Å². The number of allylic oxidation sites excluding steroid dienone is 4. The lowest BCUT2D eigenvalue weighted by atomic mass is 10.2. The minimum atomic E-state index is 1.08. The maximum absolute atomic E-state index is 2.39. The van der Waals surface area contributed by atoms with Crippen molar-refractivity contribution < 1.29 is 4.48 Å². The van der Waals surface area contributed by atoms with Crippen LogP contribution in [0.3, 0.4) is 0 Å². The summed E-state index contributed by atoms with van der Waals surface area (Å²) in [5.41, 5.74) is 5.63. The molecule has 0 spiro atoms. The van der Waals surface area contributed by atoms with Gasteiger partial charge in [-0.2, -0.15) is 0 Å². The smallest absolute Gasteiger partial charge is 0.0983 e. The van der Waals surface area contributed by atoms with E-state index >= 15 is 0 Å². The molecule has 0 heterocycles. The third-order valence-corrected chi connectivity index (χ3v) is 3.55. The zero-order valence-electron chi connectivity index (χ0n) is 15.6. The molecule has 0 fully saturated rings. The van der Waals surface area contributed by atoms with Crippen molar-refractivity contribution in [3.05, 3.63) is 46.6 Å². The van der Waals surface area contributed by atoms with Gasteiger partial charge in [0.1, 0.15) is 0 Å². The van der Waals surface area contributed by atoms with Gasteiger partial charge in [0.25, 0.3) is 0 Å². The molecule has 1 nitrogen and oxygen atoms in total. The van der Waals surface area contributed by atoms with Gasteiger partial charge in [-0.15, -0.1) is 0 Å². The molecule has 0 aliphatic rings. The predicted octanol–water partition coefficient (Wildman–Crippen LogP) is 5.67. The molecule has 0 aromatic heterocycles. The number of hydrogen-bond acceptors (Lipinski definition) is 0. The van der Waals surface area contributed by atoms with E-state index in [1.807, 2.05) is 0 Å². The summed E-state index contributed by atoms with van der Waals surface area (Å²) in [5, 5.41) is 0. The summed E-state index contributed by atoms with van der Waals surface area (Å²) in [6, 6.07) is 0. The van der Waals surface area contributed by atoms with Gasteiger partial charge in [-0.05, 0) is 79.7 Å². The van der Waals surface area contributed by atoms with Gasteiger partial charge in [0.15, 0.2) is 0 Å². The van der Waals surface area contributed by atoms with E-state index in [-0.39, 0.29) is 0 Å². The SMILES string of the molecule is CC(C)=CC[N+](CC=C(C)C)(CC=C(C)C)CC=C(C)C. The molecule has 0 bridgehead atoms. The van der Waals surface area contributed by atoms with Crippen molar-refractivity contribution in [1.29, 1.82) is 0 Å². The summed E-state index contributed by atoms with van der Waals surface area (Å²) < 4.78 is 1.08. The maximum Gasteiger partial charge on any atom is 0.0983 e. The van der Waals surface area contributed by atoms with Crippen LogP contribution < -0.4 is 0 Å². The molecular weight excluding hydrogens is 254 g/mol. The number of hydrogen-bond donors (Lipinski definition) is 0. The summed E-state index contributed by atoms with van der Waals surface area (Å²) in [4.78, 5) is 0. The molecule has 21 heavy (non-hydrogen) atoms. The Kier molecular flexibility index (Phi) is 9.28. The van der Waals surface area contributed by atoms with E-state index in [4.69, 9.17) is 0 Å². The highest BCUT2D eigenvalue weighted by Gasteiger charge is 2.22. The van der Waals surface area contributed by atoms with Crippen molar-refractivity contribution in [3.8, 4) is 0 Å². The van der Waals surface area contributed by atoms with Crippen molar-refractivity contribution in [2.45, 2.75) is 55.4 Å². The molecule has 0 atom stereocenters. The van der Waals surface area contributed by atoms with Gasteiger partial charge >= 0.3 is 0 Å². The molecule has 0 saturated heterocycles. The van der Waals surface area contributed by atoms with Crippen molar-refractivity contribution in [2.75, 3.05) is 26.2 Å². The fourth-order valence-electron chi connectivity index (χ4n) is 1.95. The molecule has 120 valence electrons. The first kappa shape index (κ1) is 19.9. The normalized spacial score (nSPS) is 10.7. The second-order valence-corrected chi connectivity index (χ2v) is 7.20. The summed E-state index contributed by atoms with van der Waals surface area (Å²) in [7, 11) is 0. The number of quaternary nitrogens is 1. The molecule has 1 heteroatoms. The second kappa shape index (κ2) is 9.78. The molecule has 0 unspecified atom stereocenters. The zero-order chi connectivity index (χ0) is 16.5. The lowest BCUT2D eigenvalue weighted by Gasteiger charge is -2.36. The molecule has 0 aliphatic carbocycles. The van der Waals surface area contributed by atoms with Gasteiger partial charge in [-0.1, -0.05) is 22.3 Å². The molecule has 0 aromatic rings. The summed E-state index contributed by atoms with van der Waals surface area (Å²) >= 11 is 0. The van der Waals surface area contributed by atoms with Crippen molar-refractivity contribution in [1.82, 2.24) is 0 Å². The molecule has 0 aromatic carbocycles. The largest absolute Gasteiger partial charge is 0.311 e. The molecule has 0 aliphatic heterocycles. The molecular formula is C20H36N+. The minimum absolute atomic E-state index is 1.08. The van der Waals surface area contributed by atoms with Gasteiger partial charge in [0.2, 0.25) is 0 Å². The van der Waals surface area contributed by atoms with Crippen LogP contribution in [0.1, 0.15) is 55.4 Å². The molecule has 0 N–H and O–H groups in total. The highest BCUT2D eigenvalue weighted by Crippen LogP contribution is 2.13. The second-order valence-electron chi connectivity index (χ2n) is 7.20. The monoisotopic (exact) mass is 290 g/mol. The number of nitrogens with zero attached hydrogens (tertiary/aromatic N) is 1. The van der Waals surface area contributed by atoms with Crippen LogP contribution in [0, 0.1) is 0 Å². The lowest BCUT2D eigenvalue weighted by molar-refractivity contribution is -0.906. The van der Waals surface area contributed by atoms with E-state index in [1.54, 1.807) is 0 Å². The Labute approximate surface area is 133 Å². The van der Waals surface area contributed by atoms with Crippen LogP contribution in [0.15, 0.2) is 46.6 Å². The van der Waals surface area contributed by atoms with Crippen LogP contribution in [0.4, 0.5) is 0 Å². The first-order valence-corrected chi connectivity index (χ1v) is 8.05. The van der Waals surface area contributed by atoms with E-state index in [9.17, 15) is 0 Å². The Bertz CT molecular complexity index is 331. The highest BCUT2D eigenvalue weighted by molar-refractivity contribution is 5.00. The van der Waals surface area contributed by atoms with Crippen LogP contribution in [-0.4, -0.2) is 30.7 Å². The Hall–Kier alpha value is -1.08. The van der Waals surface area contributed by atoms with Crippen LogP contribution in [0.25, 0.3) is 0 Å². The average molecular weight is 291 g/mol. The molecule has 0 radical (unpaired) electrons. The van der Waals surface area contributed by atoms with Crippen LogP contribution >= 0.6 is 0 Å². The summed E-state index contributed by atoms with van der Waals surface area (Å²) in [5.74, 6) is 0. The Balaban J connectivity index is 5.44. The van der Waals surface area contributed by atoms with Crippen molar-refractivity contribution >= 4 is 0 Å². The Morgan fingerprint density at radius 1 is 0.476 bits per heavy atom. The lowest BCUT2D eigenvalue weighted by Crippen LogP contribution is -2.49. The van der Waals surface area contributed by atoms with Crippen LogP contribution in [-0.2, 0) is 0 Å². The first-order valence-electron chi connectivity index (χ1n) is 8.05. The fraction of sp³-hybridized carbons (Fsp3) is 0.600. The van der Waals surface area contributed by atoms with Gasteiger partial charge in [-0.25, -0.2) is 0 Å². The molecule has 0 saturated carbocycles. The number of rotatable bonds is 8. The molecule has 0 rings (SSSR count). The quantitative estimate of drug-likeness (QED) is 0.399. The third kappa shape index (κ3) is 10.3. The van der Waals surface area contributed by atoms with Crippen LogP contribution in [0.5, 0.6) is 0 Å². The predicted molar refractivity (Wildman–Crippen MR) is 97.5 cm³/mol. The Morgan fingerprint density at radius 2 is 0.667 bits per heavy atom. The van der Waals surface area contributed by atoms with Crippen LogP contribution in [0.2, 0.25) is 0 Å².